The number of halogens is 2. The molecule has 0 aliphatic heterocycles. The third kappa shape index (κ3) is 4.67. The number of aromatic nitrogens is 5. The lowest BCUT2D eigenvalue weighted by atomic mass is 10.1. The monoisotopic (exact) mass is 488 g/mol. The highest BCUT2D eigenvalue weighted by atomic mass is 19.1. The minimum absolute atomic E-state index is 0.0353. The van der Waals surface area contributed by atoms with Gasteiger partial charge in [-0.2, -0.15) is 5.10 Å². The van der Waals surface area contributed by atoms with Gasteiger partial charge in [0, 0.05) is 11.6 Å². The maximum absolute atomic E-state index is 14.6. The summed E-state index contributed by atoms with van der Waals surface area (Å²) in [7, 11) is 0. The van der Waals surface area contributed by atoms with Crippen molar-refractivity contribution in [3.05, 3.63) is 102 Å². The Morgan fingerprint density at radius 2 is 1.81 bits per heavy atom. The molecule has 180 valence electrons. The molecule has 0 radical (unpaired) electrons. The summed E-state index contributed by atoms with van der Waals surface area (Å²) in [5, 5.41) is 20.7. The molecule has 3 heterocycles. The molecule has 3 aromatic heterocycles. The third-order valence-corrected chi connectivity index (χ3v) is 5.39. The van der Waals surface area contributed by atoms with Crippen LogP contribution in [0.2, 0.25) is 0 Å². The number of benzene rings is 2. The molecule has 0 saturated heterocycles. The van der Waals surface area contributed by atoms with Crippen LogP contribution >= 0.6 is 0 Å². The maximum Gasteiger partial charge on any atom is 0.330 e. The Morgan fingerprint density at radius 3 is 2.53 bits per heavy atom. The van der Waals surface area contributed by atoms with Crippen LogP contribution in [0.1, 0.15) is 17.2 Å². The lowest BCUT2D eigenvalue weighted by molar-refractivity contribution is -0.138. The number of carboxylic acids is 1. The zero-order valence-corrected chi connectivity index (χ0v) is 18.5. The summed E-state index contributed by atoms with van der Waals surface area (Å²) in [6.45, 7) is 0.0796. The van der Waals surface area contributed by atoms with E-state index in [0.717, 1.165) is 6.20 Å². The Kier molecular flexibility index (Phi) is 6.18. The molecule has 0 saturated carbocycles. The van der Waals surface area contributed by atoms with Crippen molar-refractivity contribution in [2.75, 3.05) is 5.32 Å². The van der Waals surface area contributed by atoms with E-state index in [0.29, 0.717) is 22.5 Å². The summed E-state index contributed by atoms with van der Waals surface area (Å²) >= 11 is 0. The highest BCUT2D eigenvalue weighted by Gasteiger charge is 2.23. The van der Waals surface area contributed by atoms with Gasteiger partial charge in [-0.3, -0.25) is 4.68 Å². The number of hydrogen-bond acceptors (Lipinski definition) is 7. The molecule has 2 N–H and O–H groups in total. The summed E-state index contributed by atoms with van der Waals surface area (Å²) in [6, 6.07) is 16.6. The van der Waals surface area contributed by atoms with Crippen molar-refractivity contribution in [1.82, 2.24) is 24.9 Å². The van der Waals surface area contributed by atoms with Crippen molar-refractivity contribution in [3.63, 3.8) is 0 Å². The van der Waals surface area contributed by atoms with Crippen molar-refractivity contribution in [2.24, 2.45) is 0 Å². The SMILES string of the molecule is O=C(O)[C@@H](Nc1nc(-c2cc(-c3ccon3)n(Cc3ccccc3F)n2)ncc1F)c1ccccc1. The van der Waals surface area contributed by atoms with Gasteiger partial charge in [-0.25, -0.2) is 23.5 Å². The van der Waals surface area contributed by atoms with Crippen LogP contribution in [0.15, 0.2) is 83.7 Å². The number of anilines is 1. The Balaban J connectivity index is 1.52. The molecule has 0 fully saturated rings. The fourth-order valence-electron chi connectivity index (χ4n) is 3.65. The fourth-order valence-corrected chi connectivity index (χ4v) is 3.65. The average molecular weight is 488 g/mol. The number of carboxylic acid groups (broad SMARTS) is 1. The molecule has 5 aromatic rings. The van der Waals surface area contributed by atoms with Gasteiger partial charge < -0.3 is 14.9 Å². The molecular weight excluding hydrogens is 470 g/mol. The third-order valence-electron chi connectivity index (χ3n) is 5.39. The highest BCUT2D eigenvalue weighted by Crippen LogP contribution is 2.27. The first-order valence-corrected chi connectivity index (χ1v) is 10.8. The van der Waals surface area contributed by atoms with E-state index >= 15 is 0 Å². The summed E-state index contributed by atoms with van der Waals surface area (Å²) in [5.74, 6) is -2.70. The Bertz CT molecular complexity index is 1510. The highest BCUT2D eigenvalue weighted by molar-refractivity contribution is 5.79. The van der Waals surface area contributed by atoms with Crippen LogP contribution < -0.4 is 5.32 Å². The fraction of sp³-hybridized carbons (Fsp3) is 0.0800. The second-order valence-electron chi connectivity index (χ2n) is 7.76. The summed E-state index contributed by atoms with van der Waals surface area (Å²) in [4.78, 5) is 20.1. The molecule has 0 aliphatic rings. The number of aliphatic carboxylic acids is 1. The topological polar surface area (TPSA) is 119 Å². The average Bonchev–Trinajstić information content (AvgIpc) is 3.55. The molecule has 1 atom stereocenters. The van der Waals surface area contributed by atoms with Gasteiger partial charge in [-0.05, 0) is 17.7 Å². The Labute approximate surface area is 203 Å². The van der Waals surface area contributed by atoms with E-state index in [-0.39, 0.29) is 23.9 Å². The van der Waals surface area contributed by atoms with Crippen LogP contribution in [0, 0.1) is 11.6 Å². The van der Waals surface area contributed by atoms with Crippen molar-refractivity contribution in [3.8, 4) is 22.9 Å². The van der Waals surface area contributed by atoms with Crippen LogP contribution in [0.4, 0.5) is 14.6 Å². The molecular formula is C25H18F2N6O3. The molecule has 0 unspecified atom stereocenters. The van der Waals surface area contributed by atoms with Gasteiger partial charge in [-0.15, -0.1) is 0 Å². The normalized spacial score (nSPS) is 11.8. The lowest BCUT2D eigenvalue weighted by Crippen LogP contribution is -2.22. The van der Waals surface area contributed by atoms with E-state index in [1.54, 1.807) is 60.7 Å². The first kappa shape index (κ1) is 22.8. The number of nitrogens with zero attached hydrogens (tertiary/aromatic N) is 5. The molecule has 0 bridgehead atoms. The lowest BCUT2D eigenvalue weighted by Gasteiger charge is -2.16. The largest absolute Gasteiger partial charge is 0.479 e. The number of rotatable bonds is 8. The van der Waals surface area contributed by atoms with Crippen LogP contribution in [-0.2, 0) is 11.3 Å². The summed E-state index contributed by atoms with van der Waals surface area (Å²) in [5.41, 5.74) is 2.01. The second kappa shape index (κ2) is 9.74. The Morgan fingerprint density at radius 1 is 1.03 bits per heavy atom. The standard InChI is InChI=1S/C25H18F2N6O3/c26-17-9-5-4-8-16(17)14-33-21(19-10-11-36-32-19)12-20(31-33)24-28-13-18(27)23(30-24)29-22(25(34)35)15-6-2-1-3-7-15/h1-13,22H,14H2,(H,34,35)(H,28,29,30)/t22-/m0/s1. The molecule has 0 aliphatic carbocycles. The quantitative estimate of drug-likeness (QED) is 0.326. The van der Waals surface area contributed by atoms with Crippen LogP contribution in [0.5, 0.6) is 0 Å². The van der Waals surface area contributed by atoms with E-state index in [4.69, 9.17) is 4.52 Å². The van der Waals surface area contributed by atoms with E-state index in [2.05, 4.69) is 25.5 Å². The van der Waals surface area contributed by atoms with E-state index in [1.807, 2.05) is 0 Å². The smallest absolute Gasteiger partial charge is 0.330 e. The van der Waals surface area contributed by atoms with Crippen molar-refractivity contribution in [2.45, 2.75) is 12.6 Å². The van der Waals surface area contributed by atoms with Gasteiger partial charge >= 0.3 is 5.97 Å². The van der Waals surface area contributed by atoms with Crippen molar-refractivity contribution < 1.29 is 23.2 Å². The zero-order chi connectivity index (χ0) is 25.1. The van der Waals surface area contributed by atoms with Gasteiger partial charge in [0.05, 0.1) is 18.4 Å². The van der Waals surface area contributed by atoms with Crippen LogP contribution in [0.3, 0.4) is 0 Å². The predicted molar refractivity (Wildman–Crippen MR) is 125 cm³/mol. The van der Waals surface area contributed by atoms with Gasteiger partial charge in [0.1, 0.15) is 23.5 Å². The summed E-state index contributed by atoms with van der Waals surface area (Å²) in [6.07, 6.45) is 2.32. The predicted octanol–water partition coefficient (Wildman–Crippen LogP) is 4.56. The number of carbonyl (C=O) groups is 1. The molecule has 36 heavy (non-hydrogen) atoms. The Hall–Kier alpha value is -4.93. The molecule has 0 spiro atoms. The zero-order valence-electron chi connectivity index (χ0n) is 18.5. The minimum atomic E-state index is -1.24. The minimum Gasteiger partial charge on any atom is -0.479 e. The molecule has 2 aromatic carbocycles. The molecule has 9 nitrogen and oxygen atoms in total. The molecule has 5 rings (SSSR count). The second-order valence-corrected chi connectivity index (χ2v) is 7.76. The van der Waals surface area contributed by atoms with Gasteiger partial charge in [0.15, 0.2) is 23.5 Å². The van der Waals surface area contributed by atoms with E-state index < -0.39 is 23.6 Å². The van der Waals surface area contributed by atoms with E-state index in [1.165, 1.54) is 17.0 Å². The number of nitrogens with one attached hydrogen (secondary N) is 1. The maximum atomic E-state index is 14.6. The summed E-state index contributed by atoms with van der Waals surface area (Å²) < 4.78 is 35.4. The van der Waals surface area contributed by atoms with Crippen molar-refractivity contribution >= 4 is 11.8 Å². The van der Waals surface area contributed by atoms with Gasteiger partial charge in [-0.1, -0.05) is 53.7 Å². The van der Waals surface area contributed by atoms with Gasteiger partial charge in [0.2, 0.25) is 0 Å². The first-order chi connectivity index (χ1) is 17.5. The van der Waals surface area contributed by atoms with Crippen LogP contribution in [0.25, 0.3) is 22.9 Å². The number of hydrogen-bond donors (Lipinski definition) is 2. The van der Waals surface area contributed by atoms with Gasteiger partial charge in [0.25, 0.3) is 0 Å². The van der Waals surface area contributed by atoms with E-state index in [9.17, 15) is 18.7 Å². The molecule has 11 heteroatoms. The van der Waals surface area contributed by atoms with Crippen LogP contribution in [-0.4, -0.2) is 36.0 Å². The molecule has 0 amide bonds. The van der Waals surface area contributed by atoms with Crippen molar-refractivity contribution in [1.29, 1.82) is 0 Å². The first-order valence-electron chi connectivity index (χ1n) is 10.8.